The van der Waals surface area contributed by atoms with Crippen LogP contribution >= 0.6 is 11.6 Å². The highest BCUT2D eigenvalue weighted by Crippen LogP contribution is 2.19. The molecule has 0 aliphatic carbocycles. The first-order valence-electron chi connectivity index (χ1n) is 7.22. The van der Waals surface area contributed by atoms with Crippen LogP contribution in [0.25, 0.3) is 0 Å². The zero-order chi connectivity index (χ0) is 17.7. The van der Waals surface area contributed by atoms with Crippen LogP contribution in [0.1, 0.15) is 18.2 Å². The summed E-state index contributed by atoms with van der Waals surface area (Å²) in [5.41, 5.74) is 0.931. The van der Waals surface area contributed by atoms with Crippen molar-refractivity contribution in [2.75, 3.05) is 11.9 Å². The number of amides is 2. The number of aliphatic hydroxyl groups excluding tert-OH is 1. The zero-order valence-electron chi connectivity index (χ0n) is 12.9. The Kier molecular flexibility index (Phi) is 5.94. The molecule has 0 aliphatic heterocycles. The van der Waals surface area contributed by atoms with Gasteiger partial charge in [-0.2, -0.15) is 0 Å². The molecule has 2 rings (SSSR count). The highest BCUT2D eigenvalue weighted by molar-refractivity contribution is 6.39. The Labute approximate surface area is 143 Å². The number of nitrogens with one attached hydrogen (secondary N) is 2. The molecule has 24 heavy (non-hydrogen) atoms. The predicted molar refractivity (Wildman–Crippen MR) is 88.0 cm³/mol. The van der Waals surface area contributed by atoms with Gasteiger partial charge in [-0.15, -0.1) is 0 Å². The quantitative estimate of drug-likeness (QED) is 0.719. The number of hydrogen-bond donors (Lipinski definition) is 3. The van der Waals surface area contributed by atoms with Crippen molar-refractivity contribution in [3.05, 3.63) is 53.1 Å². The third-order valence-electron chi connectivity index (χ3n) is 3.41. The summed E-state index contributed by atoms with van der Waals surface area (Å²) in [6, 6.07) is 7.18. The molecule has 1 aromatic carbocycles. The van der Waals surface area contributed by atoms with E-state index in [0.29, 0.717) is 0 Å². The van der Waals surface area contributed by atoms with Gasteiger partial charge in [0.2, 0.25) is 0 Å². The lowest BCUT2D eigenvalue weighted by Crippen LogP contribution is -2.36. The van der Waals surface area contributed by atoms with Gasteiger partial charge in [-0.25, -0.2) is 4.39 Å². The first-order chi connectivity index (χ1) is 11.4. The molecule has 0 fully saturated rings. The van der Waals surface area contributed by atoms with Gasteiger partial charge in [-0.3, -0.25) is 9.59 Å². The minimum absolute atomic E-state index is 0.128. The van der Waals surface area contributed by atoms with Gasteiger partial charge in [0.05, 0.1) is 11.1 Å². The third kappa shape index (κ3) is 4.56. The van der Waals surface area contributed by atoms with Crippen LogP contribution < -0.4 is 10.6 Å². The van der Waals surface area contributed by atoms with Crippen molar-refractivity contribution in [1.82, 2.24) is 9.88 Å². The van der Waals surface area contributed by atoms with Crippen molar-refractivity contribution >= 4 is 29.1 Å². The standard InChI is InChI=1S/C16H17ClFN3O3/c1-21-8-2-3-13(21)14(22)6-7-19-15(23)16(24)20-10-4-5-12(18)11(17)9-10/h2-5,8-9,14,22H,6-7H2,1H3,(H,19,23)(H,20,24). The van der Waals surface area contributed by atoms with Crippen LogP contribution in [0.2, 0.25) is 5.02 Å². The van der Waals surface area contributed by atoms with E-state index in [1.54, 1.807) is 29.9 Å². The van der Waals surface area contributed by atoms with Gasteiger partial charge in [0.1, 0.15) is 5.82 Å². The summed E-state index contributed by atoms with van der Waals surface area (Å²) in [4.78, 5) is 23.5. The van der Waals surface area contributed by atoms with Gasteiger partial charge < -0.3 is 20.3 Å². The summed E-state index contributed by atoms with van der Waals surface area (Å²) in [6.45, 7) is 0.128. The molecule has 0 spiro atoms. The molecule has 1 unspecified atom stereocenters. The molecular weight excluding hydrogens is 337 g/mol. The van der Waals surface area contributed by atoms with Crippen LogP contribution in [0.3, 0.4) is 0 Å². The molecule has 1 heterocycles. The summed E-state index contributed by atoms with van der Waals surface area (Å²) in [6.07, 6.45) is 1.32. The number of rotatable bonds is 5. The van der Waals surface area contributed by atoms with Crippen LogP contribution in [-0.2, 0) is 16.6 Å². The molecule has 0 radical (unpaired) electrons. The van der Waals surface area contributed by atoms with E-state index < -0.39 is 23.7 Å². The predicted octanol–water partition coefficient (Wildman–Crippen LogP) is 2.00. The summed E-state index contributed by atoms with van der Waals surface area (Å²) in [5, 5.41) is 14.6. The summed E-state index contributed by atoms with van der Waals surface area (Å²) < 4.78 is 14.8. The average molecular weight is 354 g/mol. The Bertz CT molecular complexity index is 748. The second kappa shape index (κ2) is 7.94. The number of aromatic nitrogens is 1. The van der Waals surface area contributed by atoms with E-state index in [2.05, 4.69) is 10.6 Å². The summed E-state index contributed by atoms with van der Waals surface area (Å²) in [7, 11) is 1.80. The maximum absolute atomic E-state index is 13.0. The van der Waals surface area contributed by atoms with E-state index in [-0.39, 0.29) is 23.7 Å². The third-order valence-corrected chi connectivity index (χ3v) is 3.70. The largest absolute Gasteiger partial charge is 0.387 e. The van der Waals surface area contributed by atoms with Gasteiger partial charge in [0.25, 0.3) is 0 Å². The molecule has 0 saturated heterocycles. The molecule has 0 bridgehead atoms. The van der Waals surface area contributed by atoms with Crippen molar-refractivity contribution in [3.63, 3.8) is 0 Å². The highest BCUT2D eigenvalue weighted by Gasteiger charge is 2.16. The normalized spacial score (nSPS) is 11.8. The van der Waals surface area contributed by atoms with Crippen LogP contribution in [0.15, 0.2) is 36.5 Å². The smallest absolute Gasteiger partial charge is 0.313 e. The lowest BCUT2D eigenvalue weighted by atomic mass is 10.2. The molecule has 0 saturated carbocycles. The van der Waals surface area contributed by atoms with Gasteiger partial charge in [-0.1, -0.05) is 11.6 Å². The molecule has 2 aromatic rings. The maximum atomic E-state index is 13.0. The molecule has 8 heteroatoms. The van der Waals surface area contributed by atoms with Crippen molar-refractivity contribution in [2.24, 2.45) is 7.05 Å². The number of anilines is 1. The molecular formula is C16H17ClFN3O3. The monoisotopic (exact) mass is 353 g/mol. The van der Waals surface area contributed by atoms with Crippen molar-refractivity contribution in [2.45, 2.75) is 12.5 Å². The van der Waals surface area contributed by atoms with Crippen LogP contribution in [-0.4, -0.2) is 28.0 Å². The molecule has 6 nitrogen and oxygen atoms in total. The molecule has 1 atom stereocenters. The van der Waals surface area contributed by atoms with Crippen LogP contribution in [0.4, 0.5) is 10.1 Å². The topological polar surface area (TPSA) is 83.4 Å². The van der Waals surface area contributed by atoms with E-state index in [0.717, 1.165) is 11.8 Å². The van der Waals surface area contributed by atoms with Crippen LogP contribution in [0, 0.1) is 5.82 Å². The van der Waals surface area contributed by atoms with E-state index >= 15 is 0 Å². The Morgan fingerprint density at radius 2 is 2.08 bits per heavy atom. The molecule has 128 valence electrons. The number of carbonyl (C=O) groups excluding carboxylic acids is 2. The van der Waals surface area contributed by atoms with E-state index in [1.165, 1.54) is 12.1 Å². The Balaban J connectivity index is 1.80. The fourth-order valence-electron chi connectivity index (χ4n) is 2.13. The number of aryl methyl sites for hydroxylation is 1. The minimum Gasteiger partial charge on any atom is -0.387 e. The lowest BCUT2D eigenvalue weighted by Gasteiger charge is -2.12. The van der Waals surface area contributed by atoms with Gasteiger partial charge in [0, 0.05) is 31.2 Å². The zero-order valence-corrected chi connectivity index (χ0v) is 13.7. The van der Waals surface area contributed by atoms with Gasteiger partial charge >= 0.3 is 11.8 Å². The number of hydrogen-bond acceptors (Lipinski definition) is 3. The van der Waals surface area contributed by atoms with E-state index in [9.17, 15) is 19.1 Å². The van der Waals surface area contributed by atoms with Crippen molar-refractivity contribution in [1.29, 1.82) is 0 Å². The molecule has 0 aliphatic rings. The fraction of sp³-hybridized carbons (Fsp3) is 0.250. The second-order valence-electron chi connectivity index (χ2n) is 5.19. The molecule has 1 aromatic heterocycles. The average Bonchev–Trinajstić information content (AvgIpc) is 2.96. The Morgan fingerprint density at radius 1 is 1.33 bits per heavy atom. The fourth-order valence-corrected chi connectivity index (χ4v) is 2.31. The molecule has 3 N–H and O–H groups in total. The summed E-state index contributed by atoms with van der Waals surface area (Å²) >= 11 is 5.60. The number of carbonyl (C=O) groups is 2. The van der Waals surface area contributed by atoms with Crippen molar-refractivity contribution in [3.8, 4) is 0 Å². The minimum atomic E-state index is -0.897. The number of aliphatic hydroxyl groups is 1. The Hall–Kier alpha value is -2.38. The SMILES string of the molecule is Cn1cccc1C(O)CCNC(=O)C(=O)Nc1ccc(F)c(Cl)c1. The first-order valence-corrected chi connectivity index (χ1v) is 7.60. The van der Waals surface area contributed by atoms with E-state index in [4.69, 9.17) is 11.6 Å². The number of benzene rings is 1. The Morgan fingerprint density at radius 3 is 2.71 bits per heavy atom. The van der Waals surface area contributed by atoms with Crippen molar-refractivity contribution < 1.29 is 19.1 Å². The van der Waals surface area contributed by atoms with Gasteiger partial charge in [0.15, 0.2) is 0 Å². The first kappa shape index (κ1) is 18.0. The maximum Gasteiger partial charge on any atom is 0.313 e. The van der Waals surface area contributed by atoms with Crippen LogP contribution in [0.5, 0.6) is 0 Å². The second-order valence-corrected chi connectivity index (χ2v) is 5.59. The summed E-state index contributed by atoms with van der Waals surface area (Å²) in [5.74, 6) is -2.37. The van der Waals surface area contributed by atoms with E-state index in [1.807, 2.05) is 0 Å². The highest BCUT2D eigenvalue weighted by atomic mass is 35.5. The lowest BCUT2D eigenvalue weighted by molar-refractivity contribution is -0.136. The molecule has 2 amide bonds. The van der Waals surface area contributed by atoms with Gasteiger partial charge in [-0.05, 0) is 36.8 Å². The number of nitrogens with zero attached hydrogens (tertiary/aromatic N) is 1. The number of halogens is 2.